The lowest BCUT2D eigenvalue weighted by Gasteiger charge is -2.33. The number of fused-ring (bicyclic) bond motifs is 1. The zero-order valence-corrected chi connectivity index (χ0v) is 24.7. The standard InChI is InChI=1S/C27H28FNO3.C7H8S/c1-16-6-7-18(28)12-24(16)32-15-22-20(21-9-8-19(30)13-25(21)31-5)10-11-23-26(22)17(2)14-27(3,4)29-23;1-6-4-2-3-5-7(6)8/h6-14,29-30H,15H2,1-5H3;2-5,8H,1H3. The molecule has 0 saturated heterocycles. The van der Waals surface area contributed by atoms with Crippen molar-refractivity contribution in [3.8, 4) is 28.4 Å². The van der Waals surface area contributed by atoms with Crippen LogP contribution in [0, 0.1) is 19.7 Å². The number of ether oxygens (including phenoxy) is 2. The van der Waals surface area contributed by atoms with E-state index in [1.807, 2.05) is 50.2 Å². The third-order valence-electron chi connectivity index (χ3n) is 6.85. The van der Waals surface area contributed by atoms with Gasteiger partial charge in [0.15, 0.2) is 0 Å². The van der Waals surface area contributed by atoms with Crippen molar-refractivity contribution in [2.24, 2.45) is 0 Å². The molecule has 4 aromatic carbocycles. The summed E-state index contributed by atoms with van der Waals surface area (Å²) in [5, 5.41) is 13.5. The first-order valence-electron chi connectivity index (χ1n) is 13.1. The number of aryl methyl sites for hydroxylation is 2. The van der Waals surface area contributed by atoms with E-state index in [-0.39, 0.29) is 23.7 Å². The first kappa shape index (κ1) is 29.1. The third kappa shape index (κ3) is 6.62. The van der Waals surface area contributed by atoms with E-state index in [4.69, 9.17) is 9.47 Å². The zero-order valence-electron chi connectivity index (χ0n) is 23.8. The Morgan fingerprint density at radius 1 is 0.875 bits per heavy atom. The van der Waals surface area contributed by atoms with Crippen molar-refractivity contribution in [3.63, 3.8) is 0 Å². The molecular formula is C34H36FNO3S. The van der Waals surface area contributed by atoms with Crippen molar-refractivity contribution in [3.05, 3.63) is 107 Å². The van der Waals surface area contributed by atoms with Gasteiger partial charge in [-0.1, -0.05) is 36.4 Å². The molecule has 0 amide bonds. The normalized spacial score (nSPS) is 13.2. The Balaban J connectivity index is 0.000000398. The predicted octanol–water partition coefficient (Wildman–Crippen LogP) is 8.99. The molecule has 0 atom stereocenters. The number of halogens is 1. The summed E-state index contributed by atoms with van der Waals surface area (Å²) in [6.07, 6.45) is 2.20. The minimum atomic E-state index is -0.333. The molecule has 1 aliphatic rings. The highest BCUT2D eigenvalue weighted by molar-refractivity contribution is 7.80. The second-order valence-corrected chi connectivity index (χ2v) is 11.0. The number of anilines is 1. The van der Waals surface area contributed by atoms with E-state index in [9.17, 15) is 9.50 Å². The maximum Gasteiger partial charge on any atom is 0.130 e. The molecule has 0 spiro atoms. The topological polar surface area (TPSA) is 50.7 Å². The lowest BCUT2D eigenvalue weighted by molar-refractivity contribution is 0.302. The quantitative estimate of drug-likeness (QED) is 0.214. The molecule has 0 aliphatic carbocycles. The molecule has 5 rings (SSSR count). The summed E-state index contributed by atoms with van der Waals surface area (Å²) >= 11 is 4.20. The van der Waals surface area contributed by atoms with Gasteiger partial charge in [-0.25, -0.2) is 4.39 Å². The molecule has 0 fully saturated rings. The Morgan fingerprint density at radius 3 is 2.27 bits per heavy atom. The predicted molar refractivity (Wildman–Crippen MR) is 165 cm³/mol. The molecule has 0 bridgehead atoms. The van der Waals surface area contributed by atoms with Gasteiger partial charge < -0.3 is 19.9 Å². The summed E-state index contributed by atoms with van der Waals surface area (Å²) in [5.41, 5.74) is 7.89. The lowest BCUT2D eigenvalue weighted by Crippen LogP contribution is -2.32. The number of phenols is 1. The fraction of sp³-hybridized carbons (Fsp3) is 0.235. The Hall–Kier alpha value is -3.90. The largest absolute Gasteiger partial charge is 0.508 e. The van der Waals surface area contributed by atoms with Gasteiger partial charge in [0.1, 0.15) is 29.7 Å². The van der Waals surface area contributed by atoms with Gasteiger partial charge in [0.2, 0.25) is 0 Å². The average molecular weight is 558 g/mol. The molecule has 40 heavy (non-hydrogen) atoms. The number of aromatic hydroxyl groups is 1. The molecule has 0 saturated carbocycles. The monoisotopic (exact) mass is 557 g/mol. The minimum Gasteiger partial charge on any atom is -0.508 e. The number of phenolic OH excluding ortho intramolecular Hbond substituents is 1. The van der Waals surface area contributed by atoms with Crippen LogP contribution >= 0.6 is 12.6 Å². The molecular weight excluding hydrogens is 521 g/mol. The first-order chi connectivity index (χ1) is 19.0. The highest BCUT2D eigenvalue weighted by atomic mass is 32.1. The van der Waals surface area contributed by atoms with Crippen LogP contribution < -0.4 is 14.8 Å². The van der Waals surface area contributed by atoms with Crippen LogP contribution in [0.2, 0.25) is 0 Å². The van der Waals surface area contributed by atoms with Crippen LogP contribution in [0.3, 0.4) is 0 Å². The fourth-order valence-electron chi connectivity index (χ4n) is 4.95. The number of rotatable bonds is 5. The SMILES string of the molecule is COc1cc(O)ccc1-c1ccc2c(c1COc1cc(F)ccc1C)C(C)=CC(C)(C)N2.Cc1ccccc1S. The highest BCUT2D eigenvalue weighted by Crippen LogP contribution is 2.43. The second kappa shape index (κ2) is 12.1. The molecule has 0 radical (unpaired) electrons. The van der Waals surface area contributed by atoms with Gasteiger partial charge in [0.25, 0.3) is 0 Å². The Morgan fingerprint density at radius 2 is 1.60 bits per heavy atom. The van der Waals surface area contributed by atoms with E-state index in [2.05, 4.69) is 50.9 Å². The summed E-state index contributed by atoms with van der Waals surface area (Å²) in [6, 6.07) is 21.7. The van der Waals surface area contributed by atoms with E-state index in [0.717, 1.165) is 44.0 Å². The van der Waals surface area contributed by atoms with Crippen molar-refractivity contribution < 1.29 is 19.0 Å². The van der Waals surface area contributed by atoms with Crippen molar-refractivity contribution in [1.29, 1.82) is 0 Å². The van der Waals surface area contributed by atoms with Crippen LogP contribution in [0.5, 0.6) is 17.2 Å². The number of thiol groups is 1. The third-order valence-corrected chi connectivity index (χ3v) is 7.36. The Labute approximate surface area is 241 Å². The fourth-order valence-corrected chi connectivity index (χ4v) is 5.11. The van der Waals surface area contributed by atoms with E-state index < -0.39 is 0 Å². The smallest absolute Gasteiger partial charge is 0.130 e. The summed E-state index contributed by atoms with van der Waals surface area (Å²) in [5.74, 6) is 0.882. The number of allylic oxidation sites excluding steroid dienone is 1. The molecule has 0 unspecified atom stereocenters. The van der Waals surface area contributed by atoms with Crippen molar-refractivity contribution in [2.75, 3.05) is 12.4 Å². The van der Waals surface area contributed by atoms with Gasteiger partial charge in [-0.3, -0.25) is 0 Å². The van der Waals surface area contributed by atoms with Crippen LogP contribution in [0.4, 0.5) is 10.1 Å². The van der Waals surface area contributed by atoms with Crippen LogP contribution in [0.1, 0.15) is 43.0 Å². The summed E-state index contributed by atoms with van der Waals surface area (Å²) in [4.78, 5) is 1.06. The summed E-state index contributed by atoms with van der Waals surface area (Å²) in [6.45, 7) is 10.5. The van der Waals surface area contributed by atoms with Gasteiger partial charge in [0, 0.05) is 39.4 Å². The molecule has 4 aromatic rings. The average Bonchev–Trinajstić information content (AvgIpc) is 2.90. The van der Waals surface area contributed by atoms with Gasteiger partial charge in [-0.15, -0.1) is 12.6 Å². The number of methoxy groups -OCH3 is 1. The second-order valence-electron chi connectivity index (χ2n) is 10.6. The van der Waals surface area contributed by atoms with Crippen LogP contribution in [0.25, 0.3) is 16.7 Å². The molecule has 4 nitrogen and oxygen atoms in total. The molecule has 208 valence electrons. The van der Waals surface area contributed by atoms with Gasteiger partial charge in [-0.05, 0) is 87.2 Å². The van der Waals surface area contributed by atoms with Gasteiger partial charge >= 0.3 is 0 Å². The van der Waals surface area contributed by atoms with Crippen LogP contribution in [-0.2, 0) is 6.61 Å². The summed E-state index contributed by atoms with van der Waals surface area (Å²) in [7, 11) is 1.58. The number of nitrogens with one attached hydrogen (secondary N) is 1. The maximum atomic E-state index is 13.8. The minimum absolute atomic E-state index is 0.135. The molecule has 0 aromatic heterocycles. The lowest BCUT2D eigenvalue weighted by atomic mass is 9.85. The Bertz CT molecular complexity index is 1540. The molecule has 2 N–H and O–H groups in total. The van der Waals surface area contributed by atoms with Crippen LogP contribution in [0.15, 0.2) is 83.8 Å². The first-order valence-corrected chi connectivity index (χ1v) is 13.6. The number of benzene rings is 4. The molecule has 1 aliphatic heterocycles. The van der Waals surface area contributed by atoms with Gasteiger partial charge in [-0.2, -0.15) is 0 Å². The maximum absolute atomic E-state index is 13.8. The van der Waals surface area contributed by atoms with E-state index in [0.29, 0.717) is 11.5 Å². The zero-order chi connectivity index (χ0) is 29.0. The summed E-state index contributed by atoms with van der Waals surface area (Å²) < 4.78 is 25.5. The molecule has 6 heteroatoms. The number of hydrogen-bond donors (Lipinski definition) is 3. The molecule has 1 heterocycles. The van der Waals surface area contributed by atoms with E-state index >= 15 is 0 Å². The highest BCUT2D eigenvalue weighted by Gasteiger charge is 2.27. The van der Waals surface area contributed by atoms with Crippen molar-refractivity contribution in [1.82, 2.24) is 0 Å². The van der Waals surface area contributed by atoms with Crippen molar-refractivity contribution >= 4 is 23.9 Å². The van der Waals surface area contributed by atoms with E-state index in [1.54, 1.807) is 25.3 Å². The van der Waals surface area contributed by atoms with Crippen LogP contribution in [-0.4, -0.2) is 17.8 Å². The van der Waals surface area contributed by atoms with Gasteiger partial charge in [0.05, 0.1) is 12.6 Å². The van der Waals surface area contributed by atoms with E-state index in [1.165, 1.54) is 17.7 Å². The number of hydrogen-bond acceptors (Lipinski definition) is 5. The van der Waals surface area contributed by atoms with Crippen molar-refractivity contribution in [2.45, 2.75) is 51.7 Å². The Kier molecular flexibility index (Phi) is 8.79.